The van der Waals surface area contributed by atoms with Crippen molar-refractivity contribution in [1.29, 1.82) is 0 Å². The van der Waals surface area contributed by atoms with Gasteiger partial charge in [0.2, 0.25) is 5.91 Å². The van der Waals surface area contributed by atoms with Gasteiger partial charge in [-0.15, -0.1) is 0 Å². The third-order valence-electron chi connectivity index (χ3n) is 4.46. The molecule has 0 bridgehead atoms. The van der Waals surface area contributed by atoms with Gasteiger partial charge in [-0.2, -0.15) is 4.98 Å². The third-order valence-corrected chi connectivity index (χ3v) is 4.46. The normalized spacial score (nSPS) is 18.6. The topological polar surface area (TPSA) is 58.8 Å². The molecule has 1 aromatic carbocycles. The molecule has 1 saturated heterocycles. The molecule has 2 aliphatic rings. The fourth-order valence-corrected chi connectivity index (χ4v) is 2.83. The van der Waals surface area contributed by atoms with Gasteiger partial charge in [-0.3, -0.25) is 4.79 Å². The number of para-hydroxylation sites is 2. The van der Waals surface area contributed by atoms with E-state index in [9.17, 15) is 4.79 Å². The second-order valence-electron chi connectivity index (χ2n) is 6.29. The van der Waals surface area contributed by atoms with Crippen molar-refractivity contribution in [2.24, 2.45) is 5.92 Å². The van der Waals surface area contributed by atoms with Gasteiger partial charge in [0.1, 0.15) is 12.1 Å². The van der Waals surface area contributed by atoms with Gasteiger partial charge in [0.05, 0.1) is 6.61 Å². The van der Waals surface area contributed by atoms with Crippen LogP contribution in [0.4, 0.5) is 6.01 Å². The van der Waals surface area contributed by atoms with Crippen molar-refractivity contribution in [3.05, 3.63) is 24.3 Å². The number of rotatable bonds is 5. The van der Waals surface area contributed by atoms with Gasteiger partial charge >= 0.3 is 0 Å². The molecule has 2 aromatic rings. The Morgan fingerprint density at radius 3 is 2.74 bits per heavy atom. The Morgan fingerprint density at radius 1 is 1.22 bits per heavy atom. The van der Waals surface area contributed by atoms with Crippen molar-refractivity contribution < 1.29 is 13.9 Å². The van der Waals surface area contributed by atoms with E-state index in [1.165, 1.54) is 12.8 Å². The van der Waals surface area contributed by atoms with Crippen LogP contribution >= 0.6 is 0 Å². The molecule has 0 unspecified atom stereocenters. The molecule has 1 aromatic heterocycles. The van der Waals surface area contributed by atoms with E-state index in [-0.39, 0.29) is 12.5 Å². The first kappa shape index (κ1) is 14.5. The van der Waals surface area contributed by atoms with Crippen molar-refractivity contribution in [1.82, 2.24) is 9.88 Å². The van der Waals surface area contributed by atoms with Gasteiger partial charge in [-0.1, -0.05) is 12.1 Å². The molecule has 4 rings (SSSR count). The predicted molar refractivity (Wildman–Crippen MR) is 86.3 cm³/mol. The van der Waals surface area contributed by atoms with Gasteiger partial charge in [-0.25, -0.2) is 0 Å². The Kier molecular flexibility index (Phi) is 3.91. The van der Waals surface area contributed by atoms with Crippen LogP contribution in [0.15, 0.2) is 28.7 Å². The Morgan fingerprint density at radius 2 is 2.00 bits per heavy atom. The minimum Gasteiger partial charge on any atom is -0.423 e. The average molecular weight is 315 g/mol. The largest absolute Gasteiger partial charge is 0.423 e. The highest BCUT2D eigenvalue weighted by Gasteiger charge is 2.25. The molecule has 1 aliphatic carbocycles. The molecule has 6 heteroatoms. The van der Waals surface area contributed by atoms with Crippen LogP contribution in [0.25, 0.3) is 11.1 Å². The standard InChI is InChI=1S/C17H21N3O3/c21-16(12-22-11-13-5-6-13)19-7-9-20(10-8-19)17-18-14-3-1-2-4-15(14)23-17/h1-4,13H,5-12H2. The maximum absolute atomic E-state index is 12.1. The third kappa shape index (κ3) is 3.32. The number of hydrogen-bond acceptors (Lipinski definition) is 5. The number of aromatic nitrogens is 1. The Balaban J connectivity index is 1.30. The lowest BCUT2D eigenvalue weighted by Gasteiger charge is -2.33. The summed E-state index contributed by atoms with van der Waals surface area (Å²) in [6.45, 7) is 3.78. The molecule has 2 fully saturated rings. The second-order valence-corrected chi connectivity index (χ2v) is 6.29. The van der Waals surface area contributed by atoms with E-state index in [4.69, 9.17) is 9.15 Å². The molecule has 6 nitrogen and oxygen atoms in total. The lowest BCUT2D eigenvalue weighted by molar-refractivity contribution is -0.136. The number of carbonyl (C=O) groups is 1. The number of hydrogen-bond donors (Lipinski definition) is 0. The van der Waals surface area contributed by atoms with Crippen LogP contribution in [0, 0.1) is 5.92 Å². The molecule has 1 saturated carbocycles. The van der Waals surface area contributed by atoms with Crippen molar-refractivity contribution >= 4 is 23.0 Å². The van der Waals surface area contributed by atoms with Gasteiger partial charge in [0.15, 0.2) is 5.58 Å². The van der Waals surface area contributed by atoms with E-state index >= 15 is 0 Å². The summed E-state index contributed by atoms with van der Waals surface area (Å²) in [5.74, 6) is 0.779. The van der Waals surface area contributed by atoms with Gasteiger partial charge in [0.25, 0.3) is 6.01 Å². The zero-order valence-corrected chi connectivity index (χ0v) is 13.1. The average Bonchev–Trinajstić information content (AvgIpc) is 3.30. The Labute approximate surface area is 135 Å². The number of anilines is 1. The molecule has 1 aliphatic heterocycles. The summed E-state index contributed by atoms with van der Waals surface area (Å²) < 4.78 is 11.3. The SMILES string of the molecule is O=C(COCC1CC1)N1CCN(c2nc3ccccc3o2)CC1. The fraction of sp³-hybridized carbons (Fsp3) is 0.529. The van der Waals surface area contributed by atoms with Crippen molar-refractivity contribution in [2.45, 2.75) is 12.8 Å². The number of benzene rings is 1. The molecule has 23 heavy (non-hydrogen) atoms. The molecule has 0 radical (unpaired) electrons. The molecule has 1 amide bonds. The molecule has 122 valence electrons. The van der Waals surface area contributed by atoms with Crippen LogP contribution in [0.1, 0.15) is 12.8 Å². The number of fused-ring (bicyclic) bond motifs is 1. The van der Waals surface area contributed by atoms with Crippen LogP contribution in [-0.4, -0.2) is 55.2 Å². The first-order valence-corrected chi connectivity index (χ1v) is 8.25. The summed E-state index contributed by atoms with van der Waals surface area (Å²) in [4.78, 5) is 20.6. The van der Waals surface area contributed by atoms with Gasteiger partial charge < -0.3 is 19.0 Å². The fourth-order valence-electron chi connectivity index (χ4n) is 2.83. The summed E-state index contributed by atoms with van der Waals surface area (Å²) in [5, 5.41) is 0. The highest BCUT2D eigenvalue weighted by atomic mass is 16.5. The number of nitrogens with zero attached hydrogens (tertiary/aromatic N) is 3. The minimum atomic E-state index is 0.0860. The molecule has 0 atom stereocenters. The second kappa shape index (κ2) is 6.20. The first-order chi connectivity index (χ1) is 11.3. The number of piperazine rings is 1. The first-order valence-electron chi connectivity index (χ1n) is 8.25. The summed E-state index contributed by atoms with van der Waals surface area (Å²) in [7, 11) is 0. The lowest BCUT2D eigenvalue weighted by atomic mass is 10.3. The molecule has 0 spiro atoms. The van der Waals surface area contributed by atoms with E-state index in [1.54, 1.807) is 0 Å². The molecule has 2 heterocycles. The van der Waals surface area contributed by atoms with Gasteiger partial charge in [0, 0.05) is 26.2 Å². The summed E-state index contributed by atoms with van der Waals surface area (Å²) in [6.07, 6.45) is 2.49. The van der Waals surface area contributed by atoms with Crippen LogP contribution in [0.3, 0.4) is 0 Å². The lowest BCUT2D eigenvalue weighted by Crippen LogP contribution is -2.49. The Hall–Kier alpha value is -2.08. The van der Waals surface area contributed by atoms with E-state index < -0.39 is 0 Å². The van der Waals surface area contributed by atoms with Crippen LogP contribution < -0.4 is 4.90 Å². The molecule has 0 N–H and O–H groups in total. The van der Waals surface area contributed by atoms with E-state index in [1.807, 2.05) is 29.2 Å². The zero-order valence-electron chi connectivity index (χ0n) is 13.1. The number of amides is 1. The van der Waals surface area contributed by atoms with Crippen molar-refractivity contribution in [3.63, 3.8) is 0 Å². The van der Waals surface area contributed by atoms with Crippen LogP contribution in [0.2, 0.25) is 0 Å². The van der Waals surface area contributed by atoms with E-state index in [0.29, 0.717) is 25.0 Å². The minimum absolute atomic E-state index is 0.0860. The smallest absolute Gasteiger partial charge is 0.298 e. The van der Waals surface area contributed by atoms with Crippen molar-refractivity contribution in [2.75, 3.05) is 44.3 Å². The number of oxazole rings is 1. The molecular weight excluding hydrogens is 294 g/mol. The van der Waals surface area contributed by atoms with Crippen LogP contribution in [-0.2, 0) is 9.53 Å². The maximum Gasteiger partial charge on any atom is 0.298 e. The van der Waals surface area contributed by atoms with E-state index in [2.05, 4.69) is 9.88 Å². The highest BCUT2D eigenvalue weighted by molar-refractivity contribution is 5.78. The summed E-state index contributed by atoms with van der Waals surface area (Å²) in [5.41, 5.74) is 1.67. The zero-order chi connectivity index (χ0) is 15.6. The monoisotopic (exact) mass is 315 g/mol. The summed E-state index contributed by atoms with van der Waals surface area (Å²) in [6, 6.07) is 8.40. The Bertz CT molecular complexity index is 654. The molecular formula is C17H21N3O3. The quantitative estimate of drug-likeness (QED) is 0.843. The maximum atomic E-state index is 12.1. The van der Waals surface area contributed by atoms with Crippen LogP contribution in [0.5, 0.6) is 0 Å². The highest BCUT2D eigenvalue weighted by Crippen LogP contribution is 2.28. The van der Waals surface area contributed by atoms with Crippen molar-refractivity contribution in [3.8, 4) is 0 Å². The summed E-state index contributed by atoms with van der Waals surface area (Å²) >= 11 is 0. The van der Waals surface area contributed by atoms with E-state index in [0.717, 1.165) is 30.8 Å². The number of ether oxygens (including phenoxy) is 1. The van der Waals surface area contributed by atoms with Gasteiger partial charge in [-0.05, 0) is 30.9 Å². The predicted octanol–water partition coefficient (Wildman–Crippen LogP) is 1.90. The number of carbonyl (C=O) groups excluding carboxylic acids is 1.